The van der Waals surface area contributed by atoms with Gasteiger partial charge in [-0.25, -0.2) is 4.98 Å². The first-order chi connectivity index (χ1) is 5.20. The molecule has 2 N–H and O–H groups in total. The van der Waals surface area contributed by atoms with Gasteiger partial charge >= 0.3 is 0 Å². The second kappa shape index (κ2) is 2.08. The normalized spacial score (nSPS) is 21.3. The van der Waals surface area contributed by atoms with Crippen molar-refractivity contribution in [1.29, 1.82) is 0 Å². The van der Waals surface area contributed by atoms with E-state index >= 15 is 0 Å². The number of nitrogens with one attached hydrogen (secondary N) is 2. The average molecular weight is 151 g/mol. The van der Waals surface area contributed by atoms with Crippen LogP contribution in [0.2, 0.25) is 0 Å². The van der Waals surface area contributed by atoms with E-state index in [1.807, 2.05) is 0 Å². The van der Waals surface area contributed by atoms with E-state index in [9.17, 15) is 0 Å². The zero-order valence-corrected chi connectivity index (χ0v) is 6.94. The van der Waals surface area contributed by atoms with Crippen molar-refractivity contribution in [2.75, 3.05) is 6.54 Å². The molecule has 0 aliphatic carbocycles. The number of H-pyrrole nitrogens is 1. The van der Waals surface area contributed by atoms with Gasteiger partial charge in [0.25, 0.3) is 0 Å². The van der Waals surface area contributed by atoms with Crippen LogP contribution >= 0.6 is 0 Å². The Balaban J connectivity index is 2.48. The average Bonchev–Trinajstić information content (AvgIpc) is 2.34. The maximum atomic E-state index is 4.29. The summed E-state index contributed by atoms with van der Waals surface area (Å²) < 4.78 is 0. The summed E-state index contributed by atoms with van der Waals surface area (Å²) in [5.74, 6) is 0. The van der Waals surface area contributed by atoms with Crippen LogP contribution in [0.4, 0.5) is 0 Å². The van der Waals surface area contributed by atoms with E-state index in [-0.39, 0.29) is 5.54 Å². The molecule has 0 saturated carbocycles. The van der Waals surface area contributed by atoms with Crippen molar-refractivity contribution in [3.8, 4) is 0 Å². The molecule has 0 spiro atoms. The highest BCUT2D eigenvalue weighted by Gasteiger charge is 2.28. The summed E-state index contributed by atoms with van der Waals surface area (Å²) in [5.41, 5.74) is 2.51. The van der Waals surface area contributed by atoms with Gasteiger partial charge in [0, 0.05) is 18.7 Å². The number of fused-ring (bicyclic) bond motifs is 1. The van der Waals surface area contributed by atoms with Crippen LogP contribution in [0.5, 0.6) is 0 Å². The predicted octanol–water partition coefficient (Wildman–Crippen LogP) is 0.790. The Kier molecular flexibility index (Phi) is 1.29. The quantitative estimate of drug-likeness (QED) is 0.575. The van der Waals surface area contributed by atoms with Gasteiger partial charge < -0.3 is 10.3 Å². The van der Waals surface area contributed by atoms with Crippen molar-refractivity contribution in [2.24, 2.45) is 0 Å². The molecule has 0 bridgehead atoms. The Morgan fingerprint density at radius 3 is 3.09 bits per heavy atom. The molecule has 1 aromatic heterocycles. The molecule has 60 valence electrons. The van der Waals surface area contributed by atoms with E-state index in [0.717, 1.165) is 13.0 Å². The first-order valence-corrected chi connectivity index (χ1v) is 3.98. The van der Waals surface area contributed by atoms with E-state index in [1.54, 1.807) is 6.33 Å². The zero-order chi connectivity index (χ0) is 7.90. The number of hydrogen-bond donors (Lipinski definition) is 2. The predicted molar refractivity (Wildman–Crippen MR) is 43.3 cm³/mol. The fourth-order valence-corrected chi connectivity index (χ4v) is 1.63. The Morgan fingerprint density at radius 1 is 1.55 bits per heavy atom. The molecule has 3 heteroatoms. The highest BCUT2D eigenvalue weighted by atomic mass is 15.0. The van der Waals surface area contributed by atoms with Gasteiger partial charge in [-0.15, -0.1) is 0 Å². The lowest BCUT2D eigenvalue weighted by Crippen LogP contribution is -2.42. The number of imidazole rings is 1. The van der Waals surface area contributed by atoms with Gasteiger partial charge in [0.2, 0.25) is 0 Å². The maximum Gasteiger partial charge on any atom is 0.0926 e. The fourth-order valence-electron chi connectivity index (χ4n) is 1.63. The number of hydrogen-bond acceptors (Lipinski definition) is 2. The third-order valence-corrected chi connectivity index (χ3v) is 2.25. The molecule has 3 nitrogen and oxygen atoms in total. The Hall–Kier alpha value is -0.830. The lowest BCUT2D eigenvalue weighted by atomic mass is 9.94. The van der Waals surface area contributed by atoms with Gasteiger partial charge in [-0.3, -0.25) is 0 Å². The molecule has 0 amide bonds. The van der Waals surface area contributed by atoms with Crippen LogP contribution in [-0.4, -0.2) is 16.5 Å². The first-order valence-electron chi connectivity index (χ1n) is 3.98. The molecule has 1 aliphatic heterocycles. The van der Waals surface area contributed by atoms with Crippen molar-refractivity contribution in [3.05, 3.63) is 17.7 Å². The van der Waals surface area contributed by atoms with E-state index < -0.39 is 0 Å². The van der Waals surface area contributed by atoms with Crippen LogP contribution in [-0.2, 0) is 12.0 Å². The van der Waals surface area contributed by atoms with Gasteiger partial charge in [-0.1, -0.05) is 0 Å². The van der Waals surface area contributed by atoms with Crippen molar-refractivity contribution < 1.29 is 0 Å². The van der Waals surface area contributed by atoms with Crippen molar-refractivity contribution in [3.63, 3.8) is 0 Å². The number of rotatable bonds is 0. The molecule has 0 fully saturated rings. The van der Waals surface area contributed by atoms with E-state index in [4.69, 9.17) is 0 Å². The lowest BCUT2D eigenvalue weighted by Gasteiger charge is -2.29. The highest BCUT2D eigenvalue weighted by Crippen LogP contribution is 2.24. The van der Waals surface area contributed by atoms with E-state index in [2.05, 4.69) is 29.1 Å². The lowest BCUT2D eigenvalue weighted by molar-refractivity contribution is 0.371. The van der Waals surface area contributed by atoms with Crippen molar-refractivity contribution in [2.45, 2.75) is 25.8 Å². The zero-order valence-electron chi connectivity index (χ0n) is 6.94. The van der Waals surface area contributed by atoms with Crippen molar-refractivity contribution >= 4 is 0 Å². The molecule has 1 aromatic rings. The van der Waals surface area contributed by atoms with Crippen LogP contribution < -0.4 is 5.32 Å². The maximum absolute atomic E-state index is 4.29. The van der Waals surface area contributed by atoms with E-state index in [1.165, 1.54) is 11.4 Å². The standard InChI is InChI=1S/C8H13N3/c1-8(2)7-6(3-4-11-8)9-5-10-7/h5,11H,3-4H2,1-2H3,(H,9,10). The number of aromatic amines is 1. The molecular formula is C8H13N3. The molecule has 11 heavy (non-hydrogen) atoms. The van der Waals surface area contributed by atoms with Crippen LogP contribution in [0, 0.1) is 0 Å². The fraction of sp³-hybridized carbons (Fsp3) is 0.625. The minimum atomic E-state index is 0.0492. The SMILES string of the molecule is CC1(C)NCCc2[nH]cnc21. The summed E-state index contributed by atoms with van der Waals surface area (Å²) in [6.45, 7) is 5.36. The smallest absolute Gasteiger partial charge is 0.0926 e. The second-order valence-corrected chi connectivity index (χ2v) is 3.53. The molecular weight excluding hydrogens is 138 g/mol. The molecule has 0 aromatic carbocycles. The summed E-state index contributed by atoms with van der Waals surface area (Å²) >= 11 is 0. The summed E-state index contributed by atoms with van der Waals surface area (Å²) in [7, 11) is 0. The minimum absolute atomic E-state index is 0.0492. The molecule has 0 radical (unpaired) electrons. The molecule has 2 rings (SSSR count). The third-order valence-electron chi connectivity index (χ3n) is 2.25. The molecule has 1 aliphatic rings. The molecule has 2 heterocycles. The largest absolute Gasteiger partial charge is 0.348 e. The van der Waals surface area contributed by atoms with Crippen LogP contribution in [0.1, 0.15) is 25.2 Å². The minimum Gasteiger partial charge on any atom is -0.348 e. The van der Waals surface area contributed by atoms with Crippen LogP contribution in [0.15, 0.2) is 6.33 Å². The second-order valence-electron chi connectivity index (χ2n) is 3.53. The third kappa shape index (κ3) is 0.959. The summed E-state index contributed by atoms with van der Waals surface area (Å²) in [6.07, 6.45) is 2.85. The Labute approximate surface area is 66.2 Å². The van der Waals surface area contributed by atoms with Gasteiger partial charge in [-0.05, 0) is 13.8 Å². The highest BCUT2D eigenvalue weighted by molar-refractivity contribution is 5.22. The van der Waals surface area contributed by atoms with Gasteiger partial charge in [0.1, 0.15) is 0 Å². The van der Waals surface area contributed by atoms with Crippen LogP contribution in [0.25, 0.3) is 0 Å². The summed E-state index contributed by atoms with van der Waals surface area (Å²) in [6, 6.07) is 0. The topological polar surface area (TPSA) is 40.7 Å². The molecule has 0 atom stereocenters. The first kappa shape index (κ1) is 6.85. The summed E-state index contributed by atoms with van der Waals surface area (Å²) in [5, 5.41) is 3.42. The monoisotopic (exact) mass is 151 g/mol. The molecule has 0 saturated heterocycles. The number of aromatic nitrogens is 2. The summed E-state index contributed by atoms with van der Waals surface area (Å²) in [4.78, 5) is 7.45. The van der Waals surface area contributed by atoms with Gasteiger partial charge in [0.15, 0.2) is 0 Å². The number of nitrogens with zero attached hydrogens (tertiary/aromatic N) is 1. The van der Waals surface area contributed by atoms with Gasteiger partial charge in [-0.2, -0.15) is 0 Å². The van der Waals surface area contributed by atoms with Crippen molar-refractivity contribution in [1.82, 2.24) is 15.3 Å². The Morgan fingerprint density at radius 2 is 2.36 bits per heavy atom. The molecule has 0 unspecified atom stereocenters. The van der Waals surface area contributed by atoms with E-state index in [0.29, 0.717) is 0 Å². The van der Waals surface area contributed by atoms with Crippen LogP contribution in [0.3, 0.4) is 0 Å². The Bertz CT molecular complexity index is 262. The van der Waals surface area contributed by atoms with Gasteiger partial charge in [0.05, 0.1) is 17.6 Å².